The van der Waals surface area contributed by atoms with Crippen molar-refractivity contribution in [1.82, 2.24) is 0 Å². The van der Waals surface area contributed by atoms with Gasteiger partial charge in [-0.15, -0.1) is 0 Å². The Labute approximate surface area is 129 Å². The average molecular weight is 330 g/mol. The van der Waals surface area contributed by atoms with Gasteiger partial charge >= 0.3 is 12.4 Å². The largest absolute Gasteiger partial charge is 0.416 e. The van der Waals surface area contributed by atoms with Gasteiger partial charge in [-0.1, -0.05) is 36.4 Å². The lowest BCUT2D eigenvalue weighted by Gasteiger charge is -2.07. The zero-order valence-corrected chi connectivity index (χ0v) is 11.7. The molecule has 0 atom stereocenters. The summed E-state index contributed by atoms with van der Waals surface area (Å²) in [7, 11) is 0. The van der Waals surface area contributed by atoms with Gasteiger partial charge < -0.3 is 0 Å². The van der Waals surface area contributed by atoms with Crippen molar-refractivity contribution < 1.29 is 26.3 Å². The van der Waals surface area contributed by atoms with E-state index >= 15 is 0 Å². The highest BCUT2D eigenvalue weighted by atomic mass is 19.4. The second-order valence-electron chi connectivity index (χ2n) is 4.92. The van der Waals surface area contributed by atoms with E-state index in [-0.39, 0.29) is 0 Å². The molecule has 0 unspecified atom stereocenters. The third-order valence-electron chi connectivity index (χ3n) is 3.18. The highest BCUT2D eigenvalue weighted by molar-refractivity contribution is 5.50. The summed E-state index contributed by atoms with van der Waals surface area (Å²) in [5.41, 5.74) is -0.170. The van der Waals surface area contributed by atoms with Gasteiger partial charge in [0, 0.05) is 0 Å². The van der Waals surface area contributed by atoms with Crippen LogP contribution in [0.15, 0.2) is 54.6 Å². The van der Waals surface area contributed by atoms with Crippen molar-refractivity contribution in [3.8, 4) is 0 Å². The summed E-state index contributed by atoms with van der Waals surface area (Å²) in [5.74, 6) is 0. The quantitative estimate of drug-likeness (QED) is 0.607. The van der Waals surface area contributed by atoms with E-state index in [1.807, 2.05) is 0 Å². The smallest absolute Gasteiger partial charge is 0.166 e. The molecule has 0 radical (unpaired) electrons. The van der Waals surface area contributed by atoms with E-state index < -0.39 is 23.5 Å². The standard InChI is InChI=1S/C17H12F6/c18-16(19,20)14-8-4-12(5-9-14)2-1-3-13-6-10-15(11-7-13)17(21,22)23/h1-2,4-11H,3H2/b2-1+. The van der Waals surface area contributed by atoms with Crippen LogP contribution < -0.4 is 0 Å². The molecule has 0 heterocycles. The summed E-state index contributed by atoms with van der Waals surface area (Å²) in [6.45, 7) is 0. The zero-order chi connectivity index (χ0) is 17.1. The third kappa shape index (κ3) is 4.87. The molecule has 23 heavy (non-hydrogen) atoms. The molecule has 2 aromatic carbocycles. The first-order valence-corrected chi connectivity index (χ1v) is 6.66. The Bertz CT molecular complexity index is 660. The third-order valence-corrected chi connectivity index (χ3v) is 3.18. The van der Waals surface area contributed by atoms with Crippen molar-refractivity contribution in [3.05, 3.63) is 76.9 Å². The van der Waals surface area contributed by atoms with E-state index in [9.17, 15) is 26.3 Å². The second-order valence-corrected chi connectivity index (χ2v) is 4.92. The maximum Gasteiger partial charge on any atom is 0.416 e. The molecule has 0 nitrogen and oxygen atoms in total. The van der Waals surface area contributed by atoms with Crippen molar-refractivity contribution in [2.75, 3.05) is 0 Å². The molecule has 0 fully saturated rings. The minimum absolute atomic E-state index is 0.388. The summed E-state index contributed by atoms with van der Waals surface area (Å²) >= 11 is 0. The van der Waals surface area contributed by atoms with Gasteiger partial charge in [-0.3, -0.25) is 0 Å². The predicted octanol–water partition coefficient (Wildman–Crippen LogP) is 5.98. The minimum atomic E-state index is -4.37. The minimum Gasteiger partial charge on any atom is -0.166 e. The van der Waals surface area contributed by atoms with Crippen LogP contribution in [0.4, 0.5) is 26.3 Å². The van der Waals surface area contributed by atoms with E-state index in [1.54, 1.807) is 12.2 Å². The van der Waals surface area contributed by atoms with Gasteiger partial charge in [0.15, 0.2) is 0 Å². The topological polar surface area (TPSA) is 0 Å². The molecule has 2 rings (SSSR count). The van der Waals surface area contributed by atoms with Crippen molar-refractivity contribution in [2.24, 2.45) is 0 Å². The van der Waals surface area contributed by atoms with Crippen molar-refractivity contribution >= 4 is 6.08 Å². The van der Waals surface area contributed by atoms with Crippen molar-refractivity contribution in [1.29, 1.82) is 0 Å². The summed E-state index contributed by atoms with van der Waals surface area (Å²) in [6, 6.07) is 9.40. The molecule has 0 amide bonds. The van der Waals surface area contributed by atoms with Crippen LogP contribution in [0.2, 0.25) is 0 Å². The van der Waals surface area contributed by atoms with Gasteiger partial charge in [-0.05, 0) is 41.8 Å². The van der Waals surface area contributed by atoms with E-state index in [0.29, 0.717) is 17.5 Å². The fourth-order valence-corrected chi connectivity index (χ4v) is 1.94. The molecule has 0 aliphatic carbocycles. The lowest BCUT2D eigenvalue weighted by atomic mass is 10.1. The molecule has 0 N–H and O–H groups in total. The van der Waals surface area contributed by atoms with Gasteiger partial charge in [-0.25, -0.2) is 0 Å². The molecule has 0 aliphatic rings. The summed E-state index contributed by atoms with van der Waals surface area (Å²) in [5, 5.41) is 0. The second kappa shape index (κ2) is 6.48. The normalized spacial score (nSPS) is 12.8. The van der Waals surface area contributed by atoms with Gasteiger partial charge in [0.1, 0.15) is 0 Å². The SMILES string of the molecule is FC(F)(F)c1ccc(/C=C/Cc2ccc(C(F)(F)F)cc2)cc1. The van der Waals surface area contributed by atoms with Crippen LogP contribution in [-0.4, -0.2) is 0 Å². The fourth-order valence-electron chi connectivity index (χ4n) is 1.94. The first-order chi connectivity index (χ1) is 10.7. The maximum atomic E-state index is 12.4. The molecule has 6 heteroatoms. The molecular weight excluding hydrogens is 318 g/mol. The molecule has 0 aromatic heterocycles. The number of rotatable bonds is 3. The van der Waals surface area contributed by atoms with E-state index in [0.717, 1.165) is 24.3 Å². The Hall–Kier alpha value is -2.24. The average Bonchev–Trinajstić information content (AvgIpc) is 2.46. The highest BCUT2D eigenvalue weighted by Crippen LogP contribution is 2.30. The lowest BCUT2D eigenvalue weighted by Crippen LogP contribution is -2.04. The lowest BCUT2D eigenvalue weighted by molar-refractivity contribution is -0.138. The Kier molecular flexibility index (Phi) is 4.82. The first kappa shape index (κ1) is 17.1. The zero-order valence-electron chi connectivity index (χ0n) is 11.7. The Morgan fingerprint density at radius 1 is 0.652 bits per heavy atom. The van der Waals surface area contributed by atoms with Crippen molar-refractivity contribution in [3.63, 3.8) is 0 Å². The number of hydrogen-bond donors (Lipinski definition) is 0. The van der Waals surface area contributed by atoms with E-state index in [1.165, 1.54) is 24.3 Å². The fraction of sp³-hybridized carbons (Fsp3) is 0.176. The molecule has 0 saturated heterocycles. The van der Waals surface area contributed by atoms with Gasteiger partial charge in [0.2, 0.25) is 0 Å². The molecule has 0 saturated carbocycles. The predicted molar refractivity (Wildman–Crippen MR) is 75.6 cm³/mol. The van der Waals surface area contributed by atoms with E-state index in [2.05, 4.69) is 0 Å². The van der Waals surface area contributed by atoms with Crippen LogP contribution in [0.25, 0.3) is 6.08 Å². The highest BCUT2D eigenvalue weighted by Gasteiger charge is 2.30. The number of halogens is 6. The molecule has 0 aliphatic heterocycles. The number of allylic oxidation sites excluding steroid dienone is 1. The molecule has 2 aromatic rings. The monoisotopic (exact) mass is 330 g/mol. The molecule has 0 spiro atoms. The summed E-state index contributed by atoms with van der Waals surface area (Å²) in [6.07, 6.45) is -5.04. The van der Waals surface area contributed by atoms with Crippen LogP contribution in [0.5, 0.6) is 0 Å². The molecular formula is C17H12F6. The number of hydrogen-bond acceptors (Lipinski definition) is 0. The van der Waals surface area contributed by atoms with Crippen molar-refractivity contribution in [2.45, 2.75) is 18.8 Å². The van der Waals surface area contributed by atoms with E-state index in [4.69, 9.17) is 0 Å². The Morgan fingerprint density at radius 2 is 1.09 bits per heavy atom. The summed E-state index contributed by atoms with van der Waals surface area (Å²) in [4.78, 5) is 0. The van der Waals surface area contributed by atoms with Gasteiger partial charge in [0.05, 0.1) is 11.1 Å². The number of alkyl halides is 6. The summed E-state index contributed by atoms with van der Waals surface area (Å²) < 4.78 is 74.5. The van der Waals surface area contributed by atoms with Crippen LogP contribution in [0.3, 0.4) is 0 Å². The first-order valence-electron chi connectivity index (χ1n) is 6.66. The van der Waals surface area contributed by atoms with Crippen LogP contribution in [-0.2, 0) is 18.8 Å². The van der Waals surface area contributed by atoms with Gasteiger partial charge in [-0.2, -0.15) is 26.3 Å². The van der Waals surface area contributed by atoms with Crippen LogP contribution >= 0.6 is 0 Å². The Balaban J connectivity index is 1.99. The molecule has 122 valence electrons. The Morgan fingerprint density at radius 3 is 1.52 bits per heavy atom. The van der Waals surface area contributed by atoms with Crippen LogP contribution in [0, 0.1) is 0 Å². The van der Waals surface area contributed by atoms with Crippen LogP contribution in [0.1, 0.15) is 22.3 Å². The maximum absolute atomic E-state index is 12.4. The van der Waals surface area contributed by atoms with Gasteiger partial charge in [0.25, 0.3) is 0 Å². The molecule has 0 bridgehead atoms. The number of benzene rings is 2.